The summed E-state index contributed by atoms with van der Waals surface area (Å²) in [4.78, 5) is 4.23. The first kappa shape index (κ1) is 21.9. The lowest BCUT2D eigenvalue weighted by Gasteiger charge is -2.19. The highest BCUT2D eigenvalue weighted by molar-refractivity contribution is 14.0. The summed E-state index contributed by atoms with van der Waals surface area (Å²) in [6.45, 7) is 12.0. The van der Waals surface area contributed by atoms with Crippen LogP contribution in [-0.2, 0) is 9.47 Å². The molecular weight excluding hydrogens is 393 g/mol. The van der Waals surface area contributed by atoms with Crippen LogP contribution in [-0.4, -0.2) is 52.5 Å². The highest BCUT2D eigenvalue weighted by atomic mass is 127. The van der Waals surface area contributed by atoms with Crippen LogP contribution in [0.2, 0.25) is 0 Å². The van der Waals surface area contributed by atoms with E-state index >= 15 is 0 Å². The second-order valence-electron chi connectivity index (χ2n) is 6.89. The Balaban J connectivity index is 0.00000441. The number of ether oxygens (including phenoxy) is 2. The van der Waals surface area contributed by atoms with E-state index in [-0.39, 0.29) is 24.0 Å². The van der Waals surface area contributed by atoms with Crippen LogP contribution in [0.15, 0.2) is 4.99 Å². The Labute approximate surface area is 153 Å². The van der Waals surface area contributed by atoms with Crippen molar-refractivity contribution < 1.29 is 9.47 Å². The number of hydrogen-bond donors (Lipinski definition) is 2. The zero-order valence-electron chi connectivity index (χ0n) is 14.6. The molecule has 0 aromatic carbocycles. The lowest BCUT2D eigenvalue weighted by Crippen LogP contribution is -2.39. The zero-order valence-corrected chi connectivity index (χ0v) is 16.9. The maximum Gasteiger partial charge on any atom is 0.190 e. The van der Waals surface area contributed by atoms with E-state index in [4.69, 9.17) is 9.47 Å². The summed E-state index contributed by atoms with van der Waals surface area (Å²) in [6, 6.07) is 0. The van der Waals surface area contributed by atoms with Crippen molar-refractivity contribution in [2.75, 3.05) is 46.6 Å². The number of nitrogens with one attached hydrogen (secondary N) is 2. The molecule has 132 valence electrons. The van der Waals surface area contributed by atoms with Crippen molar-refractivity contribution in [3.63, 3.8) is 0 Å². The van der Waals surface area contributed by atoms with Crippen LogP contribution in [0.1, 0.15) is 40.0 Å². The Morgan fingerprint density at radius 1 is 1.27 bits per heavy atom. The van der Waals surface area contributed by atoms with Crippen LogP contribution in [0.5, 0.6) is 0 Å². The van der Waals surface area contributed by atoms with E-state index < -0.39 is 0 Å². The molecule has 0 saturated carbocycles. The van der Waals surface area contributed by atoms with Gasteiger partial charge in [-0.25, -0.2) is 0 Å². The number of guanidine groups is 1. The molecule has 0 aromatic rings. The number of aliphatic imine (C=N–C) groups is 1. The molecule has 6 heteroatoms. The summed E-state index contributed by atoms with van der Waals surface area (Å²) < 4.78 is 11.0. The first-order valence-corrected chi connectivity index (χ1v) is 8.11. The quantitative estimate of drug-likeness (QED) is 0.271. The molecule has 0 radical (unpaired) electrons. The van der Waals surface area contributed by atoms with Crippen molar-refractivity contribution in [1.82, 2.24) is 10.6 Å². The van der Waals surface area contributed by atoms with Crippen LogP contribution in [0.4, 0.5) is 0 Å². The molecule has 5 nitrogen and oxygen atoms in total. The molecule has 1 aliphatic heterocycles. The van der Waals surface area contributed by atoms with Crippen LogP contribution in [0.3, 0.4) is 0 Å². The first-order valence-electron chi connectivity index (χ1n) is 8.11. The van der Waals surface area contributed by atoms with Crippen molar-refractivity contribution in [2.45, 2.75) is 40.0 Å². The summed E-state index contributed by atoms with van der Waals surface area (Å²) in [7, 11) is 1.81. The summed E-state index contributed by atoms with van der Waals surface area (Å²) in [5, 5.41) is 6.66. The molecule has 1 fully saturated rings. The van der Waals surface area contributed by atoms with Crippen LogP contribution in [0, 0.1) is 11.3 Å². The fourth-order valence-electron chi connectivity index (χ4n) is 2.12. The normalized spacial score (nSPS) is 18.9. The highest BCUT2D eigenvalue weighted by Gasteiger charge is 2.15. The van der Waals surface area contributed by atoms with Crippen molar-refractivity contribution >= 4 is 29.9 Å². The van der Waals surface area contributed by atoms with Gasteiger partial charge in [0.2, 0.25) is 0 Å². The Bertz CT molecular complexity index is 300. The van der Waals surface area contributed by atoms with Gasteiger partial charge < -0.3 is 20.1 Å². The van der Waals surface area contributed by atoms with E-state index in [1.807, 2.05) is 7.05 Å². The van der Waals surface area contributed by atoms with Gasteiger partial charge >= 0.3 is 0 Å². The Morgan fingerprint density at radius 2 is 2.00 bits per heavy atom. The van der Waals surface area contributed by atoms with E-state index in [1.54, 1.807) is 0 Å². The fraction of sp³-hybridized carbons (Fsp3) is 0.938. The number of halogens is 1. The Hall–Kier alpha value is -0.0800. The third kappa shape index (κ3) is 11.5. The largest absolute Gasteiger partial charge is 0.381 e. The average Bonchev–Trinajstić information content (AvgIpc) is 2.92. The van der Waals surface area contributed by atoms with E-state index in [0.29, 0.717) is 11.3 Å². The minimum absolute atomic E-state index is 0. The van der Waals surface area contributed by atoms with Gasteiger partial charge in [-0.3, -0.25) is 4.99 Å². The second kappa shape index (κ2) is 12.4. The lowest BCUT2D eigenvalue weighted by molar-refractivity contribution is 0.0888. The van der Waals surface area contributed by atoms with Gasteiger partial charge in [-0.05, 0) is 24.7 Å². The summed E-state index contributed by atoms with van der Waals surface area (Å²) in [5.41, 5.74) is 0.351. The molecule has 1 rings (SSSR count). The fourth-order valence-corrected chi connectivity index (χ4v) is 2.12. The highest BCUT2D eigenvalue weighted by Crippen LogP contribution is 2.16. The molecule has 0 aromatic heterocycles. The van der Waals surface area contributed by atoms with E-state index in [9.17, 15) is 0 Å². The van der Waals surface area contributed by atoms with Crippen molar-refractivity contribution in [1.29, 1.82) is 0 Å². The van der Waals surface area contributed by atoms with Gasteiger partial charge in [0.15, 0.2) is 5.96 Å². The third-order valence-electron chi connectivity index (χ3n) is 3.53. The van der Waals surface area contributed by atoms with Crippen LogP contribution in [0.25, 0.3) is 0 Å². The first-order chi connectivity index (χ1) is 10.0. The molecule has 0 amide bonds. The van der Waals surface area contributed by atoms with Crippen LogP contribution < -0.4 is 10.6 Å². The monoisotopic (exact) mass is 427 g/mol. The lowest BCUT2D eigenvalue weighted by atomic mass is 9.92. The summed E-state index contributed by atoms with van der Waals surface area (Å²) >= 11 is 0. The smallest absolute Gasteiger partial charge is 0.190 e. The Morgan fingerprint density at radius 3 is 2.59 bits per heavy atom. The van der Waals surface area contributed by atoms with E-state index in [2.05, 4.69) is 36.4 Å². The SMILES string of the molecule is CN=C(NCCCOCC1CCOC1)NCCC(C)(C)C.I. The summed E-state index contributed by atoms with van der Waals surface area (Å²) in [6.07, 6.45) is 3.26. The zero-order chi connectivity index (χ0) is 15.6. The molecule has 1 unspecified atom stereocenters. The predicted octanol–water partition coefficient (Wildman–Crippen LogP) is 2.65. The molecule has 1 aliphatic rings. The number of rotatable bonds is 8. The molecule has 1 heterocycles. The van der Waals surface area contributed by atoms with Crippen molar-refractivity contribution in [3.05, 3.63) is 0 Å². The van der Waals surface area contributed by atoms with Gasteiger partial charge in [-0.2, -0.15) is 0 Å². The third-order valence-corrected chi connectivity index (χ3v) is 3.53. The maximum atomic E-state index is 5.68. The molecule has 1 saturated heterocycles. The molecule has 1 atom stereocenters. The Kier molecular flexibility index (Phi) is 12.3. The van der Waals surface area contributed by atoms with Gasteiger partial charge in [0, 0.05) is 39.3 Å². The van der Waals surface area contributed by atoms with Gasteiger partial charge in [0.25, 0.3) is 0 Å². The minimum Gasteiger partial charge on any atom is -0.381 e. The number of hydrogen-bond acceptors (Lipinski definition) is 3. The molecule has 0 spiro atoms. The standard InChI is InChI=1S/C16H33N3O2.HI/c1-16(2,3)7-9-19-15(17-4)18-8-5-10-20-12-14-6-11-21-13-14;/h14H,5-13H2,1-4H3,(H2,17,18,19);1H. The predicted molar refractivity (Wildman–Crippen MR) is 103 cm³/mol. The minimum atomic E-state index is 0. The molecular formula is C16H34IN3O2. The van der Waals surface area contributed by atoms with Crippen molar-refractivity contribution in [3.8, 4) is 0 Å². The van der Waals surface area contributed by atoms with Gasteiger partial charge in [-0.1, -0.05) is 20.8 Å². The molecule has 22 heavy (non-hydrogen) atoms. The van der Waals surface area contributed by atoms with Gasteiger partial charge in [0.05, 0.1) is 13.2 Å². The van der Waals surface area contributed by atoms with Gasteiger partial charge in [-0.15, -0.1) is 24.0 Å². The molecule has 2 N–H and O–H groups in total. The summed E-state index contributed by atoms with van der Waals surface area (Å²) in [5.74, 6) is 1.48. The molecule has 0 aliphatic carbocycles. The molecule has 0 bridgehead atoms. The van der Waals surface area contributed by atoms with E-state index in [0.717, 1.165) is 64.7 Å². The second-order valence-corrected chi connectivity index (χ2v) is 6.89. The number of nitrogens with zero attached hydrogens (tertiary/aromatic N) is 1. The average molecular weight is 427 g/mol. The van der Waals surface area contributed by atoms with Crippen LogP contribution >= 0.6 is 24.0 Å². The van der Waals surface area contributed by atoms with E-state index in [1.165, 1.54) is 0 Å². The maximum absolute atomic E-state index is 5.68. The van der Waals surface area contributed by atoms with Gasteiger partial charge in [0.1, 0.15) is 0 Å². The topological polar surface area (TPSA) is 54.9 Å². The van der Waals surface area contributed by atoms with Crippen molar-refractivity contribution in [2.24, 2.45) is 16.3 Å².